The Balaban J connectivity index is 1.46. The third kappa shape index (κ3) is 3.83. The number of fused-ring (bicyclic) bond motifs is 1. The predicted octanol–water partition coefficient (Wildman–Crippen LogP) is 1.95. The molecule has 7 heteroatoms. The van der Waals surface area contributed by atoms with Gasteiger partial charge >= 0.3 is 0 Å². The molecule has 1 aliphatic rings. The molecule has 0 spiro atoms. The molecule has 7 nitrogen and oxygen atoms in total. The Morgan fingerprint density at radius 2 is 2.04 bits per heavy atom. The van der Waals surface area contributed by atoms with Crippen molar-refractivity contribution in [1.82, 2.24) is 30.0 Å². The zero-order valence-electron chi connectivity index (χ0n) is 15.5. The monoisotopic (exact) mass is 364 g/mol. The van der Waals surface area contributed by atoms with Crippen molar-refractivity contribution in [1.29, 1.82) is 0 Å². The maximum Gasteiger partial charge on any atom is 0.219 e. The number of rotatable bonds is 6. The number of hydrogen-bond acceptors (Lipinski definition) is 5. The summed E-state index contributed by atoms with van der Waals surface area (Å²) < 4.78 is 1.94. The average molecular weight is 364 g/mol. The summed E-state index contributed by atoms with van der Waals surface area (Å²) in [5, 5.41) is 8.28. The molecule has 27 heavy (non-hydrogen) atoms. The highest BCUT2D eigenvalue weighted by Gasteiger charge is 2.30. The van der Waals surface area contributed by atoms with Crippen molar-refractivity contribution in [2.45, 2.75) is 32.4 Å². The summed E-state index contributed by atoms with van der Waals surface area (Å²) >= 11 is 0. The van der Waals surface area contributed by atoms with E-state index in [9.17, 15) is 4.79 Å². The van der Waals surface area contributed by atoms with Crippen molar-refractivity contribution < 1.29 is 4.79 Å². The average Bonchev–Trinajstić information content (AvgIpc) is 3.31. The molecule has 0 saturated carbocycles. The number of amides is 1. The minimum absolute atomic E-state index is 0.123. The van der Waals surface area contributed by atoms with E-state index in [1.54, 1.807) is 19.3 Å². The fourth-order valence-corrected chi connectivity index (χ4v) is 3.64. The van der Waals surface area contributed by atoms with E-state index in [1.807, 2.05) is 27.8 Å². The molecule has 0 unspecified atom stereocenters. The Labute approximate surface area is 158 Å². The number of carbonyl (C=O) groups excluding carboxylic acids is 1. The second-order valence-electron chi connectivity index (χ2n) is 6.95. The van der Waals surface area contributed by atoms with Crippen LogP contribution in [0.25, 0.3) is 11.2 Å². The van der Waals surface area contributed by atoms with Gasteiger partial charge in [-0.3, -0.25) is 4.79 Å². The highest BCUT2D eigenvalue weighted by atomic mass is 16.2. The number of carbonyl (C=O) groups is 1. The molecular formula is C20H24N6O. The van der Waals surface area contributed by atoms with Crippen LogP contribution in [-0.4, -0.2) is 50.2 Å². The largest absolute Gasteiger partial charge is 0.342 e. The number of nitrogens with zero attached hydrogens (tertiary/aromatic N) is 5. The number of likely N-dealkylation sites (tertiary alicyclic amines) is 1. The van der Waals surface area contributed by atoms with Crippen LogP contribution in [-0.2, 0) is 17.9 Å². The van der Waals surface area contributed by atoms with E-state index in [0.29, 0.717) is 6.54 Å². The van der Waals surface area contributed by atoms with Gasteiger partial charge in [0.1, 0.15) is 5.52 Å². The molecular weight excluding hydrogens is 340 g/mol. The SMILES string of the molecule is CC(=O)N1CC[C@H](c2nn(CCNCc3ccccc3)c3nccnc23)C1. The standard InChI is InChI=1S/C20H24N6O/c1-15(27)25-11-7-17(14-25)18-19-20(23-9-8-22-19)26(24-18)12-10-21-13-16-5-3-2-4-6-16/h2-6,8-9,17,21H,7,10-14H2,1H3/t17-/m0/s1. The van der Waals surface area contributed by atoms with Crippen molar-refractivity contribution in [3.8, 4) is 0 Å². The third-order valence-electron chi connectivity index (χ3n) is 5.09. The van der Waals surface area contributed by atoms with Crippen LogP contribution in [0.15, 0.2) is 42.7 Å². The van der Waals surface area contributed by atoms with Crippen LogP contribution in [0.3, 0.4) is 0 Å². The maximum absolute atomic E-state index is 11.6. The molecule has 0 radical (unpaired) electrons. The Bertz CT molecular complexity index is 923. The van der Waals surface area contributed by atoms with Gasteiger partial charge in [-0.05, 0) is 12.0 Å². The normalized spacial score (nSPS) is 16.9. The zero-order chi connectivity index (χ0) is 18.6. The van der Waals surface area contributed by atoms with Crippen molar-refractivity contribution in [2.24, 2.45) is 0 Å². The molecule has 1 fully saturated rings. The van der Waals surface area contributed by atoms with Gasteiger partial charge in [0.2, 0.25) is 5.91 Å². The van der Waals surface area contributed by atoms with E-state index in [0.717, 1.165) is 49.5 Å². The lowest BCUT2D eigenvalue weighted by Gasteiger charge is -2.12. The van der Waals surface area contributed by atoms with Crippen LogP contribution in [0.2, 0.25) is 0 Å². The van der Waals surface area contributed by atoms with Crippen molar-refractivity contribution in [2.75, 3.05) is 19.6 Å². The number of hydrogen-bond donors (Lipinski definition) is 1. The molecule has 0 aliphatic carbocycles. The highest BCUT2D eigenvalue weighted by molar-refractivity contribution is 5.75. The minimum Gasteiger partial charge on any atom is -0.342 e. The zero-order valence-corrected chi connectivity index (χ0v) is 15.5. The Kier molecular flexibility index (Phi) is 5.11. The van der Waals surface area contributed by atoms with Crippen molar-refractivity contribution in [3.05, 3.63) is 54.0 Å². The van der Waals surface area contributed by atoms with Gasteiger partial charge < -0.3 is 10.2 Å². The third-order valence-corrected chi connectivity index (χ3v) is 5.09. The van der Waals surface area contributed by atoms with Gasteiger partial charge in [-0.1, -0.05) is 30.3 Å². The highest BCUT2D eigenvalue weighted by Crippen LogP contribution is 2.30. The van der Waals surface area contributed by atoms with Crippen LogP contribution in [0.5, 0.6) is 0 Å². The Hall–Kier alpha value is -2.80. The van der Waals surface area contributed by atoms with Gasteiger partial charge in [0.25, 0.3) is 0 Å². The summed E-state index contributed by atoms with van der Waals surface area (Å²) in [6, 6.07) is 10.3. The van der Waals surface area contributed by atoms with Gasteiger partial charge in [0, 0.05) is 51.4 Å². The molecule has 3 aromatic rings. The first-order chi connectivity index (χ1) is 13.2. The van der Waals surface area contributed by atoms with Crippen LogP contribution in [0.4, 0.5) is 0 Å². The fraction of sp³-hybridized carbons (Fsp3) is 0.400. The second-order valence-corrected chi connectivity index (χ2v) is 6.95. The molecule has 1 aromatic carbocycles. The lowest BCUT2D eigenvalue weighted by Crippen LogP contribution is -2.25. The van der Waals surface area contributed by atoms with Gasteiger partial charge in [-0.2, -0.15) is 5.10 Å². The first-order valence-electron chi connectivity index (χ1n) is 9.40. The maximum atomic E-state index is 11.6. The number of aromatic nitrogens is 4. The van der Waals surface area contributed by atoms with Crippen LogP contribution in [0, 0.1) is 0 Å². The summed E-state index contributed by atoms with van der Waals surface area (Å²) in [5.74, 6) is 0.351. The quantitative estimate of drug-likeness (QED) is 0.677. The van der Waals surface area contributed by atoms with Crippen LogP contribution >= 0.6 is 0 Å². The molecule has 1 aliphatic heterocycles. The van der Waals surface area contributed by atoms with E-state index in [4.69, 9.17) is 5.10 Å². The molecule has 140 valence electrons. The molecule has 3 heterocycles. The minimum atomic E-state index is 0.123. The fourth-order valence-electron chi connectivity index (χ4n) is 3.64. The lowest BCUT2D eigenvalue weighted by molar-refractivity contribution is -0.127. The first-order valence-corrected chi connectivity index (χ1v) is 9.40. The predicted molar refractivity (Wildman–Crippen MR) is 103 cm³/mol. The summed E-state index contributed by atoms with van der Waals surface area (Å²) in [6.45, 7) is 5.47. The molecule has 1 atom stereocenters. The van der Waals surface area contributed by atoms with Gasteiger partial charge in [-0.25, -0.2) is 14.6 Å². The first kappa shape index (κ1) is 17.6. The summed E-state index contributed by atoms with van der Waals surface area (Å²) in [4.78, 5) is 22.5. The van der Waals surface area contributed by atoms with Gasteiger partial charge in [0.05, 0.1) is 12.2 Å². The molecule has 1 N–H and O–H groups in total. The molecule has 2 aromatic heterocycles. The summed E-state index contributed by atoms with van der Waals surface area (Å²) in [7, 11) is 0. The Morgan fingerprint density at radius 1 is 1.22 bits per heavy atom. The smallest absolute Gasteiger partial charge is 0.219 e. The van der Waals surface area contributed by atoms with Gasteiger partial charge in [0.15, 0.2) is 5.65 Å². The molecule has 4 rings (SSSR count). The molecule has 1 saturated heterocycles. The number of nitrogens with one attached hydrogen (secondary N) is 1. The van der Waals surface area contributed by atoms with Gasteiger partial charge in [-0.15, -0.1) is 0 Å². The van der Waals surface area contributed by atoms with E-state index in [1.165, 1.54) is 5.56 Å². The van der Waals surface area contributed by atoms with Crippen LogP contribution < -0.4 is 5.32 Å². The summed E-state index contributed by atoms with van der Waals surface area (Å²) in [5.41, 5.74) is 3.90. The lowest BCUT2D eigenvalue weighted by atomic mass is 10.0. The van der Waals surface area contributed by atoms with E-state index in [-0.39, 0.29) is 11.8 Å². The van der Waals surface area contributed by atoms with E-state index in [2.05, 4.69) is 27.4 Å². The van der Waals surface area contributed by atoms with Crippen LogP contribution in [0.1, 0.15) is 30.5 Å². The second kappa shape index (κ2) is 7.84. The van der Waals surface area contributed by atoms with E-state index < -0.39 is 0 Å². The van der Waals surface area contributed by atoms with E-state index >= 15 is 0 Å². The molecule has 1 amide bonds. The van der Waals surface area contributed by atoms with Crippen molar-refractivity contribution in [3.63, 3.8) is 0 Å². The topological polar surface area (TPSA) is 75.9 Å². The van der Waals surface area contributed by atoms with Crippen molar-refractivity contribution >= 4 is 17.1 Å². The summed E-state index contributed by atoms with van der Waals surface area (Å²) in [6.07, 6.45) is 4.34. The number of benzene rings is 1. The Morgan fingerprint density at radius 3 is 2.81 bits per heavy atom. The molecule has 0 bridgehead atoms.